The van der Waals surface area contributed by atoms with Crippen molar-refractivity contribution in [1.29, 1.82) is 0 Å². The molecule has 2 aromatic carbocycles. The van der Waals surface area contributed by atoms with Crippen molar-refractivity contribution in [2.45, 2.75) is 32.5 Å². The first kappa shape index (κ1) is 16.4. The van der Waals surface area contributed by atoms with Gasteiger partial charge in [0.1, 0.15) is 6.61 Å². The number of anilines is 1. The molecule has 2 aromatic rings. The van der Waals surface area contributed by atoms with Gasteiger partial charge in [-0.1, -0.05) is 41.9 Å². The molecule has 4 rings (SSSR count). The van der Waals surface area contributed by atoms with Crippen molar-refractivity contribution in [1.82, 2.24) is 4.90 Å². The molecule has 0 bridgehead atoms. The predicted molar refractivity (Wildman–Crippen MR) is 99.0 cm³/mol. The van der Waals surface area contributed by atoms with Gasteiger partial charge in [0.2, 0.25) is 0 Å². The highest BCUT2D eigenvalue weighted by molar-refractivity contribution is 6.31. The van der Waals surface area contributed by atoms with Gasteiger partial charge in [-0.25, -0.2) is 4.79 Å². The van der Waals surface area contributed by atoms with Crippen LogP contribution in [0.15, 0.2) is 42.5 Å². The lowest BCUT2D eigenvalue weighted by atomic mass is 10.0. The Morgan fingerprint density at radius 1 is 1.24 bits per heavy atom. The van der Waals surface area contributed by atoms with E-state index in [4.69, 9.17) is 16.3 Å². The summed E-state index contributed by atoms with van der Waals surface area (Å²) in [4.78, 5) is 16.5. The third kappa shape index (κ3) is 3.24. The van der Waals surface area contributed by atoms with Crippen molar-refractivity contribution >= 4 is 23.4 Å². The van der Waals surface area contributed by atoms with Gasteiger partial charge in [0.15, 0.2) is 0 Å². The first-order valence-electron chi connectivity index (χ1n) is 8.63. The van der Waals surface area contributed by atoms with E-state index in [1.165, 1.54) is 0 Å². The quantitative estimate of drug-likeness (QED) is 0.800. The van der Waals surface area contributed by atoms with E-state index < -0.39 is 0 Å². The Hall–Kier alpha value is -2.04. The molecule has 0 unspecified atom stereocenters. The molecule has 4 nitrogen and oxygen atoms in total. The smallest absolute Gasteiger partial charge is 0.414 e. The van der Waals surface area contributed by atoms with Gasteiger partial charge >= 0.3 is 6.09 Å². The molecule has 130 valence electrons. The summed E-state index contributed by atoms with van der Waals surface area (Å²) >= 11 is 6.35. The van der Waals surface area contributed by atoms with E-state index in [-0.39, 0.29) is 12.1 Å². The SMILES string of the molecule is Cc1ccc2c(c1)N1C(=O)OC[C@@H]1CCN(Cc1ccccc1Cl)C2. The molecule has 1 amide bonds. The lowest BCUT2D eigenvalue weighted by Gasteiger charge is -2.32. The zero-order valence-electron chi connectivity index (χ0n) is 14.2. The fourth-order valence-electron chi connectivity index (χ4n) is 3.65. The minimum Gasteiger partial charge on any atom is -0.447 e. The molecule has 0 radical (unpaired) electrons. The molecule has 0 spiro atoms. The second-order valence-corrected chi connectivity index (χ2v) is 7.23. The Kier molecular flexibility index (Phi) is 4.40. The normalized spacial score (nSPS) is 20.5. The molecule has 2 aliphatic rings. The lowest BCUT2D eigenvalue weighted by Crippen LogP contribution is -2.40. The second kappa shape index (κ2) is 6.70. The van der Waals surface area contributed by atoms with Crippen LogP contribution in [0.4, 0.5) is 10.5 Å². The molecule has 1 saturated heterocycles. The molecular formula is C20H21ClN2O2. The number of benzene rings is 2. The fourth-order valence-corrected chi connectivity index (χ4v) is 3.85. The summed E-state index contributed by atoms with van der Waals surface area (Å²) in [6.45, 7) is 5.01. The number of aryl methyl sites for hydroxylation is 1. The number of carbonyl (C=O) groups is 1. The maximum absolute atomic E-state index is 12.2. The van der Waals surface area contributed by atoms with Crippen molar-refractivity contribution in [3.63, 3.8) is 0 Å². The number of halogens is 1. The second-order valence-electron chi connectivity index (χ2n) is 6.82. The van der Waals surface area contributed by atoms with Gasteiger partial charge < -0.3 is 4.74 Å². The highest BCUT2D eigenvalue weighted by atomic mass is 35.5. The van der Waals surface area contributed by atoms with Gasteiger partial charge in [-0.3, -0.25) is 9.80 Å². The number of rotatable bonds is 2. The monoisotopic (exact) mass is 356 g/mol. The highest BCUT2D eigenvalue weighted by Crippen LogP contribution is 2.33. The number of amides is 1. The van der Waals surface area contributed by atoms with Gasteiger partial charge in [-0.2, -0.15) is 0 Å². The molecule has 0 N–H and O–H groups in total. The number of cyclic esters (lactones) is 1. The van der Waals surface area contributed by atoms with E-state index in [2.05, 4.69) is 36.1 Å². The predicted octanol–water partition coefficient (Wildman–Crippen LogP) is 4.38. The van der Waals surface area contributed by atoms with Crippen molar-refractivity contribution in [2.24, 2.45) is 0 Å². The van der Waals surface area contributed by atoms with Crippen molar-refractivity contribution < 1.29 is 9.53 Å². The largest absolute Gasteiger partial charge is 0.447 e. The zero-order chi connectivity index (χ0) is 17.4. The molecule has 1 atom stereocenters. The number of hydrogen-bond donors (Lipinski definition) is 0. The van der Waals surface area contributed by atoms with Gasteiger partial charge in [-0.15, -0.1) is 0 Å². The Morgan fingerprint density at radius 2 is 2.08 bits per heavy atom. The number of nitrogens with zero attached hydrogens (tertiary/aromatic N) is 2. The summed E-state index contributed by atoms with van der Waals surface area (Å²) in [7, 11) is 0. The van der Waals surface area contributed by atoms with Crippen molar-refractivity contribution in [3.05, 3.63) is 64.2 Å². The van der Waals surface area contributed by atoms with E-state index in [0.717, 1.165) is 53.5 Å². The molecule has 25 heavy (non-hydrogen) atoms. The van der Waals surface area contributed by atoms with E-state index in [0.29, 0.717) is 6.61 Å². The van der Waals surface area contributed by atoms with Crippen LogP contribution in [-0.4, -0.2) is 30.2 Å². The van der Waals surface area contributed by atoms with Gasteiger partial charge in [-0.05, 0) is 42.2 Å². The average Bonchev–Trinajstić information content (AvgIpc) is 2.94. The van der Waals surface area contributed by atoms with Gasteiger partial charge in [0.05, 0.1) is 11.7 Å². The summed E-state index contributed by atoms with van der Waals surface area (Å²) in [5.74, 6) is 0. The van der Waals surface area contributed by atoms with E-state index >= 15 is 0 Å². The average molecular weight is 357 g/mol. The van der Waals surface area contributed by atoms with Crippen molar-refractivity contribution in [3.8, 4) is 0 Å². The van der Waals surface area contributed by atoms with Gasteiger partial charge in [0, 0.05) is 24.7 Å². The Labute approximate surface area is 152 Å². The highest BCUT2D eigenvalue weighted by Gasteiger charge is 2.37. The topological polar surface area (TPSA) is 32.8 Å². The zero-order valence-corrected chi connectivity index (χ0v) is 15.0. The minimum atomic E-state index is -0.226. The number of fused-ring (bicyclic) bond motifs is 3. The van der Waals surface area contributed by atoms with Crippen LogP contribution in [0.25, 0.3) is 0 Å². The minimum absolute atomic E-state index is 0.0992. The Bertz CT molecular complexity index is 808. The third-order valence-electron chi connectivity index (χ3n) is 4.99. The van der Waals surface area contributed by atoms with Crippen LogP contribution >= 0.6 is 11.6 Å². The number of ether oxygens (including phenoxy) is 1. The van der Waals surface area contributed by atoms with Crippen LogP contribution < -0.4 is 4.90 Å². The summed E-state index contributed by atoms with van der Waals surface area (Å²) in [5, 5.41) is 0.801. The molecule has 2 heterocycles. The maximum Gasteiger partial charge on any atom is 0.414 e. The Morgan fingerprint density at radius 3 is 2.92 bits per heavy atom. The molecule has 0 aromatic heterocycles. The first-order chi connectivity index (χ1) is 12.1. The summed E-state index contributed by atoms with van der Waals surface area (Å²) in [5.41, 5.74) is 4.42. The maximum atomic E-state index is 12.2. The van der Waals surface area contributed by atoms with Crippen LogP contribution in [0.1, 0.15) is 23.1 Å². The standard InChI is InChI=1S/C20H21ClN2O2/c1-14-6-7-16-12-22(11-15-4-2-3-5-18(15)21)9-8-17-13-25-20(24)23(17)19(16)10-14/h2-7,10,17H,8-9,11-13H2,1H3/t17-/m0/s1. The van der Waals surface area contributed by atoms with Crippen LogP contribution in [0, 0.1) is 6.92 Å². The van der Waals surface area contributed by atoms with Crippen LogP contribution in [0.5, 0.6) is 0 Å². The number of hydrogen-bond acceptors (Lipinski definition) is 3. The molecule has 0 saturated carbocycles. The number of carbonyl (C=O) groups excluding carboxylic acids is 1. The summed E-state index contributed by atoms with van der Waals surface area (Å²) in [6, 6.07) is 14.4. The first-order valence-corrected chi connectivity index (χ1v) is 9.01. The third-order valence-corrected chi connectivity index (χ3v) is 5.35. The van der Waals surface area contributed by atoms with E-state index in [1.807, 2.05) is 23.1 Å². The molecule has 5 heteroatoms. The van der Waals surface area contributed by atoms with Gasteiger partial charge in [0.25, 0.3) is 0 Å². The van der Waals surface area contributed by atoms with E-state index in [9.17, 15) is 4.79 Å². The molecular weight excluding hydrogens is 336 g/mol. The van der Waals surface area contributed by atoms with Crippen molar-refractivity contribution in [2.75, 3.05) is 18.1 Å². The summed E-state index contributed by atoms with van der Waals surface area (Å²) in [6.07, 6.45) is 0.667. The van der Waals surface area contributed by atoms with Crippen LogP contribution in [0.3, 0.4) is 0 Å². The lowest BCUT2D eigenvalue weighted by molar-refractivity contribution is 0.177. The van der Waals surface area contributed by atoms with Crippen LogP contribution in [0.2, 0.25) is 5.02 Å². The summed E-state index contributed by atoms with van der Waals surface area (Å²) < 4.78 is 5.33. The Balaban J connectivity index is 1.67. The molecule has 0 aliphatic carbocycles. The van der Waals surface area contributed by atoms with Crippen LogP contribution in [-0.2, 0) is 17.8 Å². The van der Waals surface area contributed by atoms with E-state index in [1.54, 1.807) is 0 Å². The fraction of sp³-hybridized carbons (Fsp3) is 0.350. The molecule has 1 fully saturated rings. The molecule has 2 aliphatic heterocycles.